The Morgan fingerprint density at radius 2 is 1.65 bits per heavy atom. The van der Waals surface area contributed by atoms with Crippen molar-refractivity contribution in [2.75, 3.05) is 4.43 Å². The number of aromatic hydroxyl groups is 1. The molecule has 1 aromatic rings. The number of phenols is 1. The number of hydrogen-bond donors (Lipinski definition) is 1. The molecule has 0 saturated carbocycles. The molecule has 2 nitrogen and oxygen atoms in total. The van der Waals surface area contributed by atoms with E-state index < -0.39 is 0 Å². The van der Waals surface area contributed by atoms with Gasteiger partial charge in [-0.05, 0) is 36.1 Å². The van der Waals surface area contributed by atoms with Crippen molar-refractivity contribution in [2.24, 2.45) is 0 Å². The lowest BCUT2D eigenvalue weighted by atomic mass is 9.97. The number of benzene rings is 1. The van der Waals surface area contributed by atoms with Gasteiger partial charge in [-0.2, -0.15) is 0 Å². The van der Waals surface area contributed by atoms with Crippen molar-refractivity contribution < 1.29 is 9.90 Å². The van der Waals surface area contributed by atoms with Gasteiger partial charge in [0, 0.05) is 5.56 Å². The summed E-state index contributed by atoms with van der Waals surface area (Å²) in [6, 6.07) is 3.69. The number of halogens is 1. The van der Waals surface area contributed by atoms with Crippen LogP contribution in [0.4, 0.5) is 0 Å². The largest absolute Gasteiger partial charge is 0.507 e. The van der Waals surface area contributed by atoms with Crippen LogP contribution in [0.15, 0.2) is 12.1 Å². The molecule has 0 aliphatic heterocycles. The maximum absolute atomic E-state index is 11.7. The highest BCUT2D eigenvalue weighted by atomic mass is 127. The number of carbonyl (C=O) groups excluding carboxylic acids is 1. The molecule has 0 aliphatic rings. The van der Waals surface area contributed by atoms with E-state index in [-0.39, 0.29) is 5.78 Å². The van der Waals surface area contributed by atoms with Gasteiger partial charge in [0.1, 0.15) is 5.75 Å². The van der Waals surface area contributed by atoms with Crippen molar-refractivity contribution in [2.45, 2.75) is 39.5 Å². The van der Waals surface area contributed by atoms with Crippen LogP contribution in [0.5, 0.6) is 5.75 Å². The van der Waals surface area contributed by atoms with Crippen LogP contribution < -0.4 is 0 Å². The second-order valence-electron chi connectivity index (χ2n) is 4.20. The Balaban J connectivity index is 3.20. The van der Waals surface area contributed by atoms with Crippen LogP contribution in [0.3, 0.4) is 0 Å². The molecule has 0 fully saturated rings. The van der Waals surface area contributed by atoms with Crippen LogP contribution in [0, 0.1) is 0 Å². The van der Waals surface area contributed by atoms with Gasteiger partial charge in [0.2, 0.25) is 0 Å². The molecule has 0 saturated heterocycles. The smallest absolute Gasteiger partial charge is 0.172 e. The monoisotopic (exact) mass is 346 g/mol. The van der Waals surface area contributed by atoms with Gasteiger partial charge in [0.05, 0.1) is 4.43 Å². The van der Waals surface area contributed by atoms with Crippen molar-refractivity contribution in [1.29, 1.82) is 0 Å². The van der Waals surface area contributed by atoms with Gasteiger partial charge in [-0.1, -0.05) is 49.3 Å². The molecule has 0 aromatic heterocycles. The van der Waals surface area contributed by atoms with Crippen molar-refractivity contribution >= 4 is 28.4 Å². The second-order valence-corrected chi connectivity index (χ2v) is 4.96. The molecule has 3 heteroatoms. The fourth-order valence-electron chi connectivity index (χ4n) is 1.92. The first-order valence-electron chi connectivity index (χ1n) is 6.07. The topological polar surface area (TPSA) is 37.3 Å². The first kappa shape index (κ1) is 14.5. The Hall–Kier alpha value is -0.580. The van der Waals surface area contributed by atoms with E-state index in [0.717, 1.165) is 42.4 Å². The first-order chi connectivity index (χ1) is 8.13. The van der Waals surface area contributed by atoms with Crippen molar-refractivity contribution in [3.8, 4) is 5.75 Å². The number of rotatable bonds is 6. The van der Waals surface area contributed by atoms with Crippen molar-refractivity contribution in [3.05, 3.63) is 28.8 Å². The van der Waals surface area contributed by atoms with Crippen LogP contribution >= 0.6 is 22.6 Å². The van der Waals surface area contributed by atoms with E-state index in [9.17, 15) is 9.90 Å². The highest BCUT2D eigenvalue weighted by Crippen LogP contribution is 2.27. The van der Waals surface area contributed by atoms with E-state index >= 15 is 0 Å². The lowest BCUT2D eigenvalue weighted by molar-refractivity contribution is 0.102. The standard InChI is InChI=1S/C14H19IO2/c1-3-5-10-7-12(13(16)9-15)8-11(6-4-2)14(10)17/h7-8,17H,3-6,9H2,1-2H3. The lowest BCUT2D eigenvalue weighted by Crippen LogP contribution is -2.03. The van der Waals surface area contributed by atoms with E-state index in [2.05, 4.69) is 36.4 Å². The molecule has 94 valence electrons. The summed E-state index contributed by atoms with van der Waals surface area (Å²) in [4.78, 5) is 11.7. The van der Waals surface area contributed by atoms with Crippen molar-refractivity contribution in [1.82, 2.24) is 0 Å². The minimum Gasteiger partial charge on any atom is -0.507 e. The van der Waals surface area contributed by atoms with Crippen LogP contribution in [-0.2, 0) is 12.8 Å². The average molecular weight is 346 g/mol. The molecule has 0 heterocycles. The normalized spacial score (nSPS) is 10.5. The van der Waals surface area contributed by atoms with E-state index in [4.69, 9.17) is 0 Å². The quantitative estimate of drug-likeness (QED) is 0.482. The minimum absolute atomic E-state index is 0.139. The van der Waals surface area contributed by atoms with Crippen LogP contribution in [0.2, 0.25) is 0 Å². The van der Waals surface area contributed by atoms with Crippen LogP contribution in [0.1, 0.15) is 48.2 Å². The SMILES string of the molecule is CCCc1cc(C(=O)CI)cc(CCC)c1O. The fraction of sp³-hybridized carbons (Fsp3) is 0.500. The van der Waals surface area contributed by atoms with Crippen LogP contribution in [0.25, 0.3) is 0 Å². The van der Waals surface area contributed by atoms with E-state index in [1.807, 2.05) is 12.1 Å². The second kappa shape index (κ2) is 6.99. The number of phenolic OH excluding ortho intramolecular Hbond substituents is 1. The highest BCUT2D eigenvalue weighted by Gasteiger charge is 2.12. The number of aryl methyl sites for hydroxylation is 2. The number of alkyl halides is 1. The van der Waals surface area contributed by atoms with Gasteiger partial charge < -0.3 is 5.11 Å². The lowest BCUT2D eigenvalue weighted by Gasteiger charge is -2.11. The Morgan fingerprint density at radius 1 is 1.18 bits per heavy atom. The average Bonchev–Trinajstić information content (AvgIpc) is 2.33. The predicted octanol–water partition coefficient (Wildman–Crippen LogP) is 3.91. The summed E-state index contributed by atoms with van der Waals surface area (Å²) in [6.07, 6.45) is 3.60. The summed E-state index contributed by atoms with van der Waals surface area (Å²) in [7, 11) is 0. The van der Waals surface area contributed by atoms with Gasteiger partial charge in [0.15, 0.2) is 5.78 Å². The molecule has 0 aliphatic carbocycles. The Kier molecular flexibility index (Phi) is 5.95. The molecule has 1 rings (SSSR count). The molecule has 0 amide bonds. The minimum atomic E-state index is 0.139. The zero-order chi connectivity index (χ0) is 12.8. The zero-order valence-electron chi connectivity index (χ0n) is 10.4. The van der Waals surface area contributed by atoms with Gasteiger partial charge in [-0.3, -0.25) is 4.79 Å². The third-order valence-corrected chi connectivity index (χ3v) is 3.44. The maximum Gasteiger partial charge on any atom is 0.172 e. The number of carbonyl (C=O) groups is 1. The molecular formula is C14H19IO2. The van der Waals surface area contributed by atoms with Crippen molar-refractivity contribution in [3.63, 3.8) is 0 Å². The third-order valence-electron chi connectivity index (χ3n) is 2.75. The zero-order valence-corrected chi connectivity index (χ0v) is 12.6. The van der Waals surface area contributed by atoms with Gasteiger partial charge in [-0.25, -0.2) is 0 Å². The highest BCUT2D eigenvalue weighted by molar-refractivity contribution is 14.1. The fourth-order valence-corrected chi connectivity index (χ4v) is 2.36. The van der Waals surface area contributed by atoms with Gasteiger partial charge >= 0.3 is 0 Å². The number of Topliss-reactive ketones (excluding diaryl/α,β-unsaturated/α-hetero) is 1. The molecule has 1 aromatic carbocycles. The van der Waals surface area contributed by atoms with Crippen LogP contribution in [-0.4, -0.2) is 15.3 Å². The molecule has 0 atom stereocenters. The Morgan fingerprint density at radius 3 is 2.00 bits per heavy atom. The number of ketones is 1. The maximum atomic E-state index is 11.7. The number of hydrogen-bond acceptors (Lipinski definition) is 2. The summed E-state index contributed by atoms with van der Waals surface area (Å²) in [5, 5.41) is 10.1. The van der Waals surface area contributed by atoms with E-state index in [1.165, 1.54) is 0 Å². The van der Waals surface area contributed by atoms with E-state index in [1.54, 1.807) is 0 Å². The molecular weight excluding hydrogens is 327 g/mol. The first-order valence-corrected chi connectivity index (χ1v) is 7.60. The van der Waals surface area contributed by atoms with Gasteiger partial charge in [-0.15, -0.1) is 0 Å². The predicted molar refractivity (Wildman–Crippen MR) is 79.3 cm³/mol. The van der Waals surface area contributed by atoms with Gasteiger partial charge in [0.25, 0.3) is 0 Å². The Bertz CT molecular complexity index is 372. The summed E-state index contributed by atoms with van der Waals surface area (Å²) in [5.74, 6) is 0.527. The molecule has 0 bridgehead atoms. The Labute approximate surface area is 117 Å². The van der Waals surface area contributed by atoms with E-state index in [0.29, 0.717) is 10.2 Å². The summed E-state index contributed by atoms with van der Waals surface area (Å²) in [5.41, 5.74) is 2.56. The summed E-state index contributed by atoms with van der Waals surface area (Å²) >= 11 is 2.08. The molecule has 1 N–H and O–H groups in total. The molecule has 17 heavy (non-hydrogen) atoms. The summed E-state index contributed by atoms with van der Waals surface area (Å²) < 4.78 is 0.486. The molecule has 0 unspecified atom stereocenters. The summed E-state index contributed by atoms with van der Waals surface area (Å²) in [6.45, 7) is 4.15. The third kappa shape index (κ3) is 3.69. The molecule has 0 radical (unpaired) electrons. The molecule has 0 spiro atoms.